The van der Waals surface area contributed by atoms with Crippen molar-refractivity contribution in [2.75, 3.05) is 18.1 Å². The van der Waals surface area contributed by atoms with Gasteiger partial charge in [-0.3, -0.25) is 9.69 Å². The first-order valence-electron chi connectivity index (χ1n) is 6.92. The molecule has 9 heteroatoms. The first-order chi connectivity index (χ1) is 9.93. The van der Waals surface area contributed by atoms with E-state index < -0.39 is 21.8 Å². The number of carbonyl (C=O) groups is 1. The van der Waals surface area contributed by atoms with Crippen LogP contribution in [0.2, 0.25) is 0 Å². The predicted molar refractivity (Wildman–Crippen MR) is 71.4 cm³/mol. The third kappa shape index (κ3) is 3.59. The molecule has 2 aliphatic rings. The van der Waals surface area contributed by atoms with Crippen LogP contribution in [0.25, 0.3) is 0 Å². The first kappa shape index (κ1) is 14.5. The number of aliphatic carboxylic acids is 1. The van der Waals surface area contributed by atoms with Crippen molar-refractivity contribution in [3.8, 4) is 0 Å². The van der Waals surface area contributed by atoms with Crippen molar-refractivity contribution in [1.82, 2.24) is 15.0 Å². The van der Waals surface area contributed by atoms with Gasteiger partial charge in [0.25, 0.3) is 0 Å². The molecule has 116 valence electrons. The number of hydrogen-bond acceptors (Lipinski definition) is 7. The Morgan fingerprint density at radius 3 is 2.86 bits per heavy atom. The first-order valence-corrected chi connectivity index (χ1v) is 8.74. The van der Waals surface area contributed by atoms with Crippen LogP contribution in [0.1, 0.15) is 36.9 Å². The van der Waals surface area contributed by atoms with Crippen molar-refractivity contribution >= 4 is 15.8 Å². The van der Waals surface area contributed by atoms with Crippen LogP contribution in [0.15, 0.2) is 4.52 Å². The van der Waals surface area contributed by atoms with Gasteiger partial charge >= 0.3 is 5.97 Å². The molecule has 0 bridgehead atoms. The fourth-order valence-corrected chi connectivity index (χ4v) is 4.12. The van der Waals surface area contributed by atoms with E-state index in [0.717, 1.165) is 12.8 Å². The topological polar surface area (TPSA) is 114 Å². The number of sulfone groups is 1. The van der Waals surface area contributed by atoms with Crippen LogP contribution in [0.4, 0.5) is 0 Å². The highest BCUT2D eigenvalue weighted by Crippen LogP contribution is 2.38. The van der Waals surface area contributed by atoms with E-state index in [4.69, 9.17) is 9.63 Å². The smallest absolute Gasteiger partial charge is 0.304 e. The van der Waals surface area contributed by atoms with Crippen LogP contribution in [0, 0.1) is 0 Å². The Morgan fingerprint density at radius 1 is 1.43 bits per heavy atom. The molecule has 8 nitrogen and oxygen atoms in total. The largest absolute Gasteiger partial charge is 0.481 e. The van der Waals surface area contributed by atoms with Gasteiger partial charge in [-0.25, -0.2) is 8.42 Å². The zero-order valence-corrected chi connectivity index (χ0v) is 12.3. The van der Waals surface area contributed by atoms with Gasteiger partial charge in [0, 0.05) is 18.5 Å². The second-order valence-electron chi connectivity index (χ2n) is 5.66. The molecule has 1 unspecified atom stereocenters. The van der Waals surface area contributed by atoms with Crippen molar-refractivity contribution in [2.24, 2.45) is 0 Å². The molecule has 0 radical (unpaired) electrons. The third-order valence-electron chi connectivity index (χ3n) is 3.82. The van der Waals surface area contributed by atoms with E-state index >= 15 is 0 Å². The molecule has 1 saturated carbocycles. The fraction of sp³-hybridized carbons (Fsp3) is 0.750. The van der Waals surface area contributed by atoms with Gasteiger partial charge in [-0.2, -0.15) is 4.98 Å². The van der Waals surface area contributed by atoms with E-state index in [0.29, 0.717) is 30.7 Å². The monoisotopic (exact) mass is 315 g/mol. The molecule has 1 aliphatic heterocycles. The van der Waals surface area contributed by atoms with Gasteiger partial charge < -0.3 is 9.63 Å². The Balaban J connectivity index is 1.70. The minimum Gasteiger partial charge on any atom is -0.481 e. The van der Waals surface area contributed by atoms with Crippen molar-refractivity contribution in [3.63, 3.8) is 0 Å². The lowest BCUT2D eigenvalue weighted by Gasteiger charge is -2.33. The molecule has 1 atom stereocenters. The summed E-state index contributed by atoms with van der Waals surface area (Å²) in [7, 11) is -3.17. The second-order valence-corrected chi connectivity index (χ2v) is 7.89. The van der Waals surface area contributed by atoms with E-state index in [1.54, 1.807) is 0 Å². The summed E-state index contributed by atoms with van der Waals surface area (Å²) in [5.41, 5.74) is 0. The lowest BCUT2D eigenvalue weighted by atomic mass is 10.2. The highest BCUT2D eigenvalue weighted by molar-refractivity contribution is 7.91. The molecule has 1 N–H and O–H groups in total. The van der Waals surface area contributed by atoms with Crippen LogP contribution in [0.5, 0.6) is 0 Å². The van der Waals surface area contributed by atoms with Gasteiger partial charge in [-0.1, -0.05) is 5.16 Å². The van der Waals surface area contributed by atoms with Crippen molar-refractivity contribution in [3.05, 3.63) is 11.7 Å². The van der Waals surface area contributed by atoms with Crippen LogP contribution < -0.4 is 0 Å². The maximum Gasteiger partial charge on any atom is 0.304 e. The molecule has 3 rings (SSSR count). The highest BCUT2D eigenvalue weighted by Gasteiger charge is 2.34. The molecule has 1 saturated heterocycles. The minimum absolute atomic E-state index is 0.0381. The Labute approximate surface area is 122 Å². The zero-order valence-electron chi connectivity index (χ0n) is 11.4. The second kappa shape index (κ2) is 5.38. The standard InChI is InChI=1S/C12H17N3O5S/c16-11(17)5-9-7-21(18,19)4-3-15(9)6-10-13-12(20-14-10)8-1-2-8/h8-9H,1-7H2,(H,16,17). The van der Waals surface area contributed by atoms with Gasteiger partial charge in [0.05, 0.1) is 24.5 Å². The minimum atomic E-state index is -3.17. The number of hydrogen-bond donors (Lipinski definition) is 1. The maximum absolute atomic E-state index is 11.7. The van der Waals surface area contributed by atoms with Gasteiger partial charge in [0.2, 0.25) is 5.89 Å². The quantitative estimate of drug-likeness (QED) is 0.809. The normalized spacial score (nSPS) is 25.8. The number of carboxylic acids is 1. The van der Waals surface area contributed by atoms with Crippen LogP contribution >= 0.6 is 0 Å². The van der Waals surface area contributed by atoms with Crippen molar-refractivity contribution < 1.29 is 22.8 Å². The van der Waals surface area contributed by atoms with E-state index in [9.17, 15) is 13.2 Å². The summed E-state index contributed by atoms with van der Waals surface area (Å²) in [5, 5.41) is 12.8. The molecule has 2 heterocycles. The summed E-state index contributed by atoms with van der Waals surface area (Å²) in [6, 6.07) is -0.538. The van der Waals surface area contributed by atoms with Crippen LogP contribution in [-0.2, 0) is 21.2 Å². The zero-order chi connectivity index (χ0) is 15.0. The van der Waals surface area contributed by atoms with Gasteiger partial charge in [0.1, 0.15) is 0 Å². The Hall–Kier alpha value is -1.48. The summed E-state index contributed by atoms with van der Waals surface area (Å²) < 4.78 is 28.5. The van der Waals surface area contributed by atoms with Crippen LogP contribution in [-0.4, -0.2) is 58.6 Å². The molecule has 21 heavy (non-hydrogen) atoms. The highest BCUT2D eigenvalue weighted by atomic mass is 32.2. The number of carboxylic acid groups (broad SMARTS) is 1. The summed E-state index contributed by atoms with van der Waals surface area (Å²) in [4.78, 5) is 17.0. The van der Waals surface area contributed by atoms with Gasteiger partial charge in [0.15, 0.2) is 15.7 Å². The SMILES string of the molecule is O=C(O)CC1CS(=O)(=O)CCN1Cc1noc(C2CC2)n1. The Morgan fingerprint density at radius 2 is 2.19 bits per heavy atom. The van der Waals surface area contributed by atoms with E-state index in [1.165, 1.54) is 0 Å². The molecular formula is C12H17N3O5S. The summed E-state index contributed by atoms with van der Waals surface area (Å²) in [6.45, 7) is 0.622. The maximum atomic E-state index is 11.7. The predicted octanol–water partition coefficient (Wildman–Crippen LogP) is 0.0207. The average Bonchev–Trinajstić information content (AvgIpc) is 3.12. The molecular weight excluding hydrogens is 298 g/mol. The Kier molecular flexibility index (Phi) is 3.70. The number of aromatic nitrogens is 2. The molecule has 0 aromatic carbocycles. The lowest BCUT2D eigenvalue weighted by Crippen LogP contribution is -2.48. The van der Waals surface area contributed by atoms with Crippen LogP contribution in [0.3, 0.4) is 0 Å². The van der Waals surface area contributed by atoms with Crippen molar-refractivity contribution in [2.45, 2.75) is 37.8 Å². The molecule has 1 aromatic heterocycles. The summed E-state index contributed by atoms with van der Waals surface area (Å²) >= 11 is 0. The third-order valence-corrected chi connectivity index (χ3v) is 5.51. The molecule has 1 aromatic rings. The summed E-state index contributed by atoms with van der Waals surface area (Å²) in [5.74, 6) is 0.385. The molecule has 0 amide bonds. The summed E-state index contributed by atoms with van der Waals surface area (Å²) in [6.07, 6.45) is 1.92. The Bertz CT molecular complexity index is 637. The van der Waals surface area contributed by atoms with E-state index in [2.05, 4.69) is 10.1 Å². The van der Waals surface area contributed by atoms with Gasteiger partial charge in [-0.15, -0.1) is 0 Å². The molecule has 0 spiro atoms. The molecule has 1 aliphatic carbocycles. The lowest BCUT2D eigenvalue weighted by molar-refractivity contribution is -0.138. The number of nitrogens with zero attached hydrogens (tertiary/aromatic N) is 3. The average molecular weight is 315 g/mol. The van der Waals surface area contributed by atoms with E-state index in [-0.39, 0.29) is 17.9 Å². The number of rotatable bonds is 5. The van der Waals surface area contributed by atoms with Gasteiger partial charge in [-0.05, 0) is 12.8 Å². The van der Waals surface area contributed by atoms with Crippen molar-refractivity contribution in [1.29, 1.82) is 0 Å². The van der Waals surface area contributed by atoms with E-state index in [1.807, 2.05) is 4.90 Å². The molecule has 2 fully saturated rings. The fourth-order valence-electron chi connectivity index (χ4n) is 2.53.